The van der Waals surface area contributed by atoms with Gasteiger partial charge in [-0.1, -0.05) is 19.9 Å². The van der Waals surface area contributed by atoms with Gasteiger partial charge in [-0.2, -0.15) is 0 Å². The number of hydrogen-bond acceptors (Lipinski definition) is 2. The predicted octanol–water partition coefficient (Wildman–Crippen LogP) is 3.80. The van der Waals surface area contributed by atoms with Gasteiger partial charge in [0.2, 0.25) is 0 Å². The van der Waals surface area contributed by atoms with Crippen LogP contribution in [-0.4, -0.2) is 17.9 Å². The average Bonchev–Trinajstić information content (AvgIpc) is 2.83. The second-order valence-corrected chi connectivity index (χ2v) is 4.46. The molecule has 2 rings (SSSR count). The molecule has 0 fully saturated rings. The van der Waals surface area contributed by atoms with Crippen LogP contribution in [-0.2, 0) is 0 Å². The van der Waals surface area contributed by atoms with Crippen LogP contribution < -0.4 is 4.74 Å². The number of nitrogens with one attached hydrogen (secondary N) is 1. The van der Waals surface area contributed by atoms with Crippen LogP contribution in [0.3, 0.4) is 0 Å². The quantitative estimate of drug-likeness (QED) is 0.814. The summed E-state index contributed by atoms with van der Waals surface area (Å²) < 4.78 is 5.35. The first-order valence-electron chi connectivity index (χ1n) is 6.41. The molecule has 0 unspecified atom stereocenters. The number of ketones is 1. The van der Waals surface area contributed by atoms with Crippen molar-refractivity contribution in [2.45, 2.75) is 26.7 Å². The monoisotopic (exact) mass is 245 g/mol. The highest BCUT2D eigenvalue weighted by atomic mass is 16.5. The van der Waals surface area contributed by atoms with Gasteiger partial charge < -0.3 is 9.72 Å². The zero-order valence-corrected chi connectivity index (χ0v) is 11.1. The molecule has 0 spiro atoms. The summed E-state index contributed by atoms with van der Waals surface area (Å²) in [6.45, 7) is 4.11. The van der Waals surface area contributed by atoms with E-state index in [0.717, 1.165) is 35.1 Å². The lowest BCUT2D eigenvalue weighted by molar-refractivity contribution is 0.0915. The van der Waals surface area contributed by atoms with E-state index in [4.69, 9.17) is 4.74 Å². The van der Waals surface area contributed by atoms with E-state index in [-0.39, 0.29) is 11.7 Å². The number of aromatic amines is 1. The van der Waals surface area contributed by atoms with Crippen LogP contribution in [0.5, 0.6) is 5.75 Å². The van der Waals surface area contributed by atoms with Gasteiger partial charge in [-0.25, -0.2) is 0 Å². The largest absolute Gasteiger partial charge is 0.496 e. The molecule has 18 heavy (non-hydrogen) atoms. The molecule has 0 saturated heterocycles. The molecule has 2 aromatic rings. The Hall–Kier alpha value is -1.77. The summed E-state index contributed by atoms with van der Waals surface area (Å²) in [5.74, 6) is 1.05. The third-order valence-electron chi connectivity index (χ3n) is 3.51. The minimum Gasteiger partial charge on any atom is -0.496 e. The van der Waals surface area contributed by atoms with Crippen molar-refractivity contribution in [1.82, 2.24) is 4.98 Å². The molecule has 3 heteroatoms. The number of ether oxygens (including phenoxy) is 1. The lowest BCUT2D eigenvalue weighted by Crippen LogP contribution is -2.12. The second-order valence-electron chi connectivity index (χ2n) is 4.46. The number of aromatic nitrogens is 1. The van der Waals surface area contributed by atoms with Crippen LogP contribution in [0.4, 0.5) is 0 Å². The van der Waals surface area contributed by atoms with Crippen molar-refractivity contribution in [3.8, 4) is 5.75 Å². The average molecular weight is 245 g/mol. The van der Waals surface area contributed by atoms with E-state index in [1.807, 2.05) is 18.2 Å². The molecular formula is C15H19NO2. The molecule has 96 valence electrons. The zero-order chi connectivity index (χ0) is 13.1. The van der Waals surface area contributed by atoms with E-state index in [2.05, 4.69) is 18.8 Å². The zero-order valence-electron chi connectivity index (χ0n) is 11.1. The van der Waals surface area contributed by atoms with Crippen molar-refractivity contribution in [1.29, 1.82) is 0 Å². The second kappa shape index (κ2) is 5.25. The first-order chi connectivity index (χ1) is 8.72. The number of carbonyl (C=O) groups is 1. The Morgan fingerprint density at radius 1 is 1.33 bits per heavy atom. The van der Waals surface area contributed by atoms with Crippen molar-refractivity contribution in [2.24, 2.45) is 5.92 Å². The fourth-order valence-corrected chi connectivity index (χ4v) is 2.40. The summed E-state index contributed by atoms with van der Waals surface area (Å²) in [5, 5.41) is 0.900. The van der Waals surface area contributed by atoms with Crippen LogP contribution in [0.25, 0.3) is 10.9 Å². The molecule has 0 amide bonds. The number of Topliss-reactive ketones (excluding diaryl/α,β-unsaturated/α-hetero) is 1. The molecule has 1 heterocycles. The highest BCUT2D eigenvalue weighted by Crippen LogP contribution is 2.30. The Morgan fingerprint density at radius 2 is 2.06 bits per heavy atom. The summed E-state index contributed by atoms with van der Waals surface area (Å²) in [6.07, 6.45) is 3.54. The van der Waals surface area contributed by atoms with Gasteiger partial charge in [-0.15, -0.1) is 0 Å². The van der Waals surface area contributed by atoms with Crippen LogP contribution >= 0.6 is 0 Å². The van der Waals surface area contributed by atoms with Crippen molar-refractivity contribution in [3.63, 3.8) is 0 Å². The molecule has 1 N–H and O–H groups in total. The van der Waals surface area contributed by atoms with Crippen LogP contribution in [0, 0.1) is 5.92 Å². The fraction of sp³-hybridized carbons (Fsp3) is 0.400. The van der Waals surface area contributed by atoms with Crippen LogP contribution in [0.1, 0.15) is 37.0 Å². The van der Waals surface area contributed by atoms with Gasteiger partial charge >= 0.3 is 0 Å². The molecule has 1 aromatic heterocycles. The Morgan fingerprint density at radius 3 is 2.67 bits per heavy atom. The highest BCUT2D eigenvalue weighted by Gasteiger charge is 2.21. The highest BCUT2D eigenvalue weighted by molar-refractivity contribution is 6.10. The molecule has 0 bridgehead atoms. The normalized spacial score (nSPS) is 11.1. The summed E-state index contributed by atoms with van der Waals surface area (Å²) in [7, 11) is 1.63. The standard InChI is InChI=1S/C15H19NO2/c1-4-10(5-2)15(17)11-9-16-12-7-6-8-13(18-3)14(11)12/h6-10,16H,4-5H2,1-3H3. The number of rotatable bonds is 5. The Bertz CT molecular complexity index is 553. The molecule has 0 aliphatic carbocycles. The van der Waals surface area contributed by atoms with Gasteiger partial charge in [-0.05, 0) is 25.0 Å². The van der Waals surface area contributed by atoms with Gasteiger partial charge in [0.15, 0.2) is 5.78 Å². The van der Waals surface area contributed by atoms with Crippen molar-refractivity contribution < 1.29 is 9.53 Å². The molecule has 0 aliphatic rings. The maximum Gasteiger partial charge on any atom is 0.168 e. The van der Waals surface area contributed by atoms with Crippen molar-refractivity contribution in [2.75, 3.05) is 7.11 Å². The van der Waals surface area contributed by atoms with E-state index >= 15 is 0 Å². The molecule has 0 atom stereocenters. The molecule has 0 aliphatic heterocycles. The van der Waals surface area contributed by atoms with Gasteiger partial charge in [0, 0.05) is 23.2 Å². The van der Waals surface area contributed by atoms with Crippen LogP contribution in [0.2, 0.25) is 0 Å². The van der Waals surface area contributed by atoms with E-state index in [1.165, 1.54) is 0 Å². The first kappa shape index (κ1) is 12.7. The number of fused-ring (bicyclic) bond motifs is 1. The lowest BCUT2D eigenvalue weighted by atomic mass is 9.92. The van der Waals surface area contributed by atoms with Crippen molar-refractivity contribution in [3.05, 3.63) is 30.0 Å². The number of H-pyrrole nitrogens is 1. The van der Waals surface area contributed by atoms with Crippen LogP contribution in [0.15, 0.2) is 24.4 Å². The van der Waals surface area contributed by atoms with Gasteiger partial charge in [-0.3, -0.25) is 4.79 Å². The van der Waals surface area contributed by atoms with E-state index < -0.39 is 0 Å². The number of methoxy groups -OCH3 is 1. The first-order valence-corrected chi connectivity index (χ1v) is 6.41. The third-order valence-corrected chi connectivity index (χ3v) is 3.51. The Kier molecular flexibility index (Phi) is 3.70. The van der Waals surface area contributed by atoms with Gasteiger partial charge in [0.25, 0.3) is 0 Å². The Labute approximate surface area is 107 Å². The van der Waals surface area contributed by atoms with Gasteiger partial charge in [0.05, 0.1) is 12.5 Å². The minimum atomic E-state index is 0.0916. The summed E-state index contributed by atoms with van der Waals surface area (Å²) in [5.41, 5.74) is 1.69. The summed E-state index contributed by atoms with van der Waals surface area (Å²) >= 11 is 0. The molecule has 0 saturated carbocycles. The number of carbonyl (C=O) groups excluding carboxylic acids is 1. The minimum absolute atomic E-state index is 0.0916. The van der Waals surface area contributed by atoms with Gasteiger partial charge in [0.1, 0.15) is 5.75 Å². The summed E-state index contributed by atoms with van der Waals surface area (Å²) in [4.78, 5) is 15.6. The molecule has 1 aromatic carbocycles. The SMILES string of the molecule is CCC(CC)C(=O)c1c[nH]c2cccc(OC)c12. The Balaban J connectivity index is 2.54. The van der Waals surface area contributed by atoms with E-state index in [0.29, 0.717) is 0 Å². The third kappa shape index (κ3) is 2.01. The van der Waals surface area contributed by atoms with E-state index in [1.54, 1.807) is 13.3 Å². The van der Waals surface area contributed by atoms with Crippen molar-refractivity contribution >= 4 is 16.7 Å². The molecule has 0 radical (unpaired) electrons. The molecular weight excluding hydrogens is 226 g/mol. The topological polar surface area (TPSA) is 42.1 Å². The number of hydrogen-bond donors (Lipinski definition) is 1. The maximum absolute atomic E-state index is 12.5. The predicted molar refractivity (Wildman–Crippen MR) is 73.3 cm³/mol. The van der Waals surface area contributed by atoms with E-state index in [9.17, 15) is 4.79 Å². The lowest BCUT2D eigenvalue weighted by Gasteiger charge is -2.11. The molecule has 3 nitrogen and oxygen atoms in total. The maximum atomic E-state index is 12.5. The number of benzene rings is 1. The summed E-state index contributed by atoms with van der Waals surface area (Å²) in [6, 6.07) is 5.77. The fourth-order valence-electron chi connectivity index (χ4n) is 2.40. The smallest absolute Gasteiger partial charge is 0.168 e.